The van der Waals surface area contributed by atoms with Gasteiger partial charge in [0.25, 0.3) is 0 Å². The Hall–Kier alpha value is -3.32. The van der Waals surface area contributed by atoms with E-state index in [0.29, 0.717) is 0 Å². The standard InChI is InChI=1S/C37H47N5S/c1-29-30-15-11-21-35(29)43-36(38-22-12-16-30)27-31-28-37(41(25-13-23-39(2)3)26-14-24-40(4)5)42(32-17-7-6-8-18-32)34-20-10-9-19-33(31)34/h6-11,15,17-21,27-28H,12-14,16,22-26H2,1-5H3/b31-27+,38-36+. The minimum atomic E-state index is 0.847. The first-order valence-corrected chi connectivity index (χ1v) is 16.5. The van der Waals surface area contributed by atoms with Crippen molar-refractivity contribution in [1.29, 1.82) is 0 Å². The first-order chi connectivity index (χ1) is 20.9. The third kappa shape index (κ3) is 7.99. The molecule has 5 rings (SSSR count). The Morgan fingerprint density at radius 1 is 0.814 bits per heavy atom. The van der Waals surface area contributed by atoms with E-state index >= 15 is 0 Å². The molecule has 2 heterocycles. The highest BCUT2D eigenvalue weighted by Gasteiger charge is 2.28. The van der Waals surface area contributed by atoms with Gasteiger partial charge in [0.05, 0.1) is 10.7 Å². The quantitative estimate of drug-likeness (QED) is 0.227. The summed E-state index contributed by atoms with van der Waals surface area (Å²) < 4.78 is 0. The number of hydrogen-bond acceptors (Lipinski definition) is 6. The van der Waals surface area contributed by atoms with Gasteiger partial charge in [-0.25, -0.2) is 0 Å². The van der Waals surface area contributed by atoms with Gasteiger partial charge in [-0.3, -0.25) is 9.89 Å². The van der Waals surface area contributed by atoms with Crippen molar-refractivity contribution >= 4 is 33.8 Å². The highest BCUT2D eigenvalue weighted by molar-refractivity contribution is 8.14. The Morgan fingerprint density at radius 2 is 1.51 bits per heavy atom. The summed E-state index contributed by atoms with van der Waals surface area (Å²) in [4.78, 5) is 16.1. The molecule has 0 spiro atoms. The fraction of sp³-hybridized carbons (Fsp3) is 0.378. The maximum atomic E-state index is 5.13. The summed E-state index contributed by atoms with van der Waals surface area (Å²) in [5.41, 5.74) is 7.71. The van der Waals surface area contributed by atoms with E-state index in [1.54, 1.807) is 0 Å². The van der Waals surface area contributed by atoms with E-state index in [9.17, 15) is 0 Å². The minimum Gasteiger partial charge on any atom is -0.358 e. The number of aryl methyl sites for hydroxylation is 1. The minimum absolute atomic E-state index is 0.847. The van der Waals surface area contributed by atoms with Crippen LogP contribution in [-0.4, -0.2) is 80.7 Å². The van der Waals surface area contributed by atoms with Gasteiger partial charge in [0, 0.05) is 35.8 Å². The second kappa shape index (κ2) is 14.9. The molecule has 226 valence electrons. The highest BCUT2D eigenvalue weighted by Crippen LogP contribution is 2.42. The van der Waals surface area contributed by atoms with Crippen molar-refractivity contribution in [1.82, 2.24) is 14.7 Å². The van der Waals surface area contributed by atoms with Gasteiger partial charge in [-0.05, 0) is 127 Å². The van der Waals surface area contributed by atoms with Crippen molar-refractivity contribution in [3.63, 3.8) is 0 Å². The fourth-order valence-corrected chi connectivity index (χ4v) is 6.87. The number of allylic oxidation sites excluding steroid dienone is 2. The van der Waals surface area contributed by atoms with E-state index in [1.165, 1.54) is 44.4 Å². The second-order valence-corrected chi connectivity index (χ2v) is 13.1. The molecule has 0 atom stereocenters. The molecule has 0 unspecified atom stereocenters. The molecule has 0 aromatic heterocycles. The Kier molecular flexibility index (Phi) is 10.8. The Balaban J connectivity index is 1.61. The van der Waals surface area contributed by atoms with Crippen molar-refractivity contribution in [3.05, 3.63) is 107 Å². The van der Waals surface area contributed by atoms with E-state index in [1.807, 2.05) is 11.8 Å². The van der Waals surface area contributed by atoms with Crippen LogP contribution in [0.25, 0.3) is 5.57 Å². The predicted molar refractivity (Wildman–Crippen MR) is 187 cm³/mol. The number of anilines is 2. The lowest BCUT2D eigenvalue weighted by atomic mass is 9.97. The SMILES string of the molecule is Cc1c2cccc1SC(/C=C1\C=C(N(CCCN(C)C)CCCN(C)C)N(c3ccccc3)c3ccccc31)=N/CCC2. The molecule has 0 saturated carbocycles. The van der Waals surface area contributed by atoms with Crippen LogP contribution in [0.4, 0.5) is 11.4 Å². The van der Waals surface area contributed by atoms with Crippen molar-refractivity contribution in [2.24, 2.45) is 4.99 Å². The van der Waals surface area contributed by atoms with Crippen LogP contribution in [0.15, 0.2) is 101 Å². The smallest absolute Gasteiger partial charge is 0.114 e. The molecule has 0 fully saturated rings. The third-order valence-electron chi connectivity index (χ3n) is 8.14. The van der Waals surface area contributed by atoms with Crippen molar-refractivity contribution < 1.29 is 0 Å². The largest absolute Gasteiger partial charge is 0.358 e. The van der Waals surface area contributed by atoms with Crippen LogP contribution in [0.3, 0.4) is 0 Å². The van der Waals surface area contributed by atoms with Gasteiger partial charge >= 0.3 is 0 Å². The zero-order valence-corrected chi connectivity index (χ0v) is 27.4. The number of hydrogen-bond donors (Lipinski definition) is 0. The van der Waals surface area contributed by atoms with Gasteiger partial charge in [0.1, 0.15) is 5.82 Å². The third-order valence-corrected chi connectivity index (χ3v) is 9.25. The average molecular weight is 594 g/mol. The summed E-state index contributed by atoms with van der Waals surface area (Å²) in [6.45, 7) is 7.23. The van der Waals surface area contributed by atoms with E-state index < -0.39 is 0 Å². The van der Waals surface area contributed by atoms with Crippen LogP contribution in [0, 0.1) is 6.92 Å². The van der Waals surface area contributed by atoms with Crippen LogP contribution in [0.2, 0.25) is 0 Å². The summed E-state index contributed by atoms with van der Waals surface area (Å²) in [6, 6.07) is 26.4. The van der Waals surface area contributed by atoms with E-state index in [-0.39, 0.29) is 0 Å². The molecule has 5 nitrogen and oxygen atoms in total. The molecule has 2 bridgehead atoms. The van der Waals surface area contributed by atoms with Gasteiger partial charge in [-0.1, -0.05) is 60.3 Å². The van der Waals surface area contributed by atoms with Gasteiger partial charge in [0.15, 0.2) is 0 Å². The average Bonchev–Trinajstić information content (AvgIpc) is 3.02. The number of fused-ring (bicyclic) bond motifs is 3. The van der Waals surface area contributed by atoms with E-state index in [2.05, 4.69) is 140 Å². The number of rotatable bonds is 11. The molecular formula is C37H47N5S. The molecule has 6 heteroatoms. The molecule has 0 saturated heterocycles. The molecule has 0 radical (unpaired) electrons. The van der Waals surface area contributed by atoms with Crippen molar-refractivity contribution in [3.8, 4) is 0 Å². The Labute approximate surface area is 263 Å². The van der Waals surface area contributed by atoms with Crippen LogP contribution in [0.1, 0.15) is 36.0 Å². The van der Waals surface area contributed by atoms with Gasteiger partial charge in [-0.2, -0.15) is 0 Å². The van der Waals surface area contributed by atoms with Crippen LogP contribution < -0.4 is 4.90 Å². The molecular weight excluding hydrogens is 547 g/mol. The fourth-order valence-electron chi connectivity index (χ4n) is 5.87. The summed E-state index contributed by atoms with van der Waals surface area (Å²) >= 11 is 1.81. The summed E-state index contributed by atoms with van der Waals surface area (Å²) in [5, 5.41) is 1.09. The summed E-state index contributed by atoms with van der Waals surface area (Å²) in [5.74, 6) is 1.24. The topological polar surface area (TPSA) is 25.3 Å². The molecule has 2 aliphatic rings. The second-order valence-electron chi connectivity index (χ2n) is 12.1. The molecule has 0 N–H and O–H groups in total. The highest BCUT2D eigenvalue weighted by atomic mass is 32.2. The number of thioether (sulfide) groups is 1. The molecule has 43 heavy (non-hydrogen) atoms. The zero-order valence-electron chi connectivity index (χ0n) is 26.6. The van der Waals surface area contributed by atoms with E-state index in [0.717, 1.165) is 63.5 Å². The van der Waals surface area contributed by atoms with Gasteiger partial charge in [0.2, 0.25) is 0 Å². The first kappa shape index (κ1) is 31.1. The number of para-hydroxylation sites is 2. The van der Waals surface area contributed by atoms with Gasteiger partial charge in [-0.15, -0.1) is 0 Å². The zero-order chi connectivity index (χ0) is 30.2. The van der Waals surface area contributed by atoms with Crippen LogP contribution >= 0.6 is 11.8 Å². The molecule has 3 aromatic carbocycles. The van der Waals surface area contributed by atoms with Crippen LogP contribution in [0.5, 0.6) is 0 Å². The first-order valence-electron chi connectivity index (χ1n) is 15.6. The predicted octanol–water partition coefficient (Wildman–Crippen LogP) is 7.71. The lowest BCUT2D eigenvalue weighted by Gasteiger charge is -2.40. The normalized spacial score (nSPS) is 17.2. The maximum absolute atomic E-state index is 5.13. The van der Waals surface area contributed by atoms with Crippen molar-refractivity contribution in [2.45, 2.75) is 37.5 Å². The Bertz CT molecular complexity index is 1440. The molecule has 0 amide bonds. The lowest BCUT2D eigenvalue weighted by molar-refractivity contribution is 0.284. The number of nitrogens with zero attached hydrogens (tertiary/aromatic N) is 5. The maximum Gasteiger partial charge on any atom is 0.114 e. The molecule has 2 aliphatic heterocycles. The number of aliphatic imine (C=N–C) groups is 1. The summed E-state index contributed by atoms with van der Waals surface area (Å²) in [6.07, 6.45) is 9.12. The van der Waals surface area contributed by atoms with Crippen LogP contribution in [-0.2, 0) is 6.42 Å². The molecule has 3 aromatic rings. The Morgan fingerprint density at radius 3 is 2.23 bits per heavy atom. The number of benzene rings is 3. The monoisotopic (exact) mass is 593 g/mol. The lowest BCUT2D eigenvalue weighted by Crippen LogP contribution is -2.38. The summed E-state index contributed by atoms with van der Waals surface area (Å²) in [7, 11) is 8.65. The van der Waals surface area contributed by atoms with Gasteiger partial charge < -0.3 is 14.7 Å². The molecule has 0 aliphatic carbocycles. The van der Waals surface area contributed by atoms with Crippen molar-refractivity contribution in [2.75, 3.05) is 65.8 Å². The van der Waals surface area contributed by atoms with E-state index in [4.69, 9.17) is 4.99 Å².